The molecule has 0 aliphatic heterocycles. The maximum atomic E-state index is 12.8. The van der Waals surface area contributed by atoms with Crippen LogP contribution in [-0.2, 0) is 14.1 Å². The number of hydrogen-bond donors (Lipinski definition) is 2. The molecule has 0 radical (unpaired) electrons. The van der Waals surface area contributed by atoms with Gasteiger partial charge in [0.05, 0.1) is 23.7 Å². The molecule has 0 fully saturated rings. The number of nitrogens with one attached hydrogen (secondary N) is 1. The lowest BCUT2D eigenvalue weighted by molar-refractivity contribution is 0.101. The number of hydrogen-bond acceptors (Lipinski definition) is 9. The standard InChI is InChI=1S/C22H20N8O4/c1-12(16(19-24-11-29(2)28-19)15-7-5-4-6-13(15)8-23)20-27-17(18(31)22(33)30(20)3)21(32)26-14-9-25-34-10-14/h4-7,9-12,16,31H,1-3H3,(H,26,32)/t12-,16+/m0/s1. The number of aryl methyl sites for hydroxylation is 1. The Bertz CT molecular complexity index is 1450. The monoisotopic (exact) mass is 460 g/mol. The van der Waals surface area contributed by atoms with Gasteiger partial charge in [0.15, 0.2) is 11.5 Å². The van der Waals surface area contributed by atoms with Crippen LogP contribution in [0.25, 0.3) is 0 Å². The minimum absolute atomic E-state index is 0.198. The van der Waals surface area contributed by atoms with Crippen molar-refractivity contribution < 1.29 is 14.4 Å². The molecule has 12 nitrogen and oxygen atoms in total. The van der Waals surface area contributed by atoms with Gasteiger partial charge in [0.25, 0.3) is 11.5 Å². The Morgan fingerprint density at radius 2 is 2.06 bits per heavy atom. The average molecular weight is 460 g/mol. The highest BCUT2D eigenvalue weighted by molar-refractivity contribution is 6.04. The number of benzene rings is 1. The summed E-state index contributed by atoms with van der Waals surface area (Å²) in [5.41, 5.74) is 0.0450. The van der Waals surface area contributed by atoms with Crippen LogP contribution < -0.4 is 10.9 Å². The molecule has 4 aromatic rings. The highest BCUT2D eigenvalue weighted by atomic mass is 16.5. The average Bonchev–Trinajstić information content (AvgIpc) is 3.50. The van der Waals surface area contributed by atoms with Gasteiger partial charge in [-0.15, -0.1) is 0 Å². The molecule has 2 N–H and O–H groups in total. The number of rotatable bonds is 6. The van der Waals surface area contributed by atoms with E-state index in [4.69, 9.17) is 0 Å². The van der Waals surface area contributed by atoms with Gasteiger partial charge in [-0.25, -0.2) is 9.97 Å². The Kier molecular flexibility index (Phi) is 5.92. The Labute approximate surface area is 193 Å². The topological polar surface area (TPSA) is 165 Å². The predicted molar refractivity (Wildman–Crippen MR) is 118 cm³/mol. The van der Waals surface area contributed by atoms with Gasteiger partial charge >= 0.3 is 0 Å². The third kappa shape index (κ3) is 4.02. The van der Waals surface area contributed by atoms with Crippen molar-refractivity contribution in [3.05, 3.63) is 81.9 Å². The molecule has 0 spiro atoms. The number of amides is 1. The molecule has 34 heavy (non-hydrogen) atoms. The normalized spacial score (nSPS) is 12.6. The fourth-order valence-corrected chi connectivity index (χ4v) is 3.78. The molecule has 0 saturated carbocycles. The summed E-state index contributed by atoms with van der Waals surface area (Å²) in [6.07, 6.45) is 3.99. The lowest BCUT2D eigenvalue weighted by atomic mass is 9.83. The molecule has 172 valence electrons. The van der Waals surface area contributed by atoms with Crippen LogP contribution in [0.4, 0.5) is 5.69 Å². The molecule has 0 saturated heterocycles. The van der Waals surface area contributed by atoms with E-state index in [0.717, 1.165) is 0 Å². The Hall–Kier alpha value is -4.79. The highest BCUT2D eigenvalue weighted by Crippen LogP contribution is 2.37. The lowest BCUT2D eigenvalue weighted by Crippen LogP contribution is -2.29. The molecule has 0 bridgehead atoms. The van der Waals surface area contributed by atoms with E-state index >= 15 is 0 Å². The smallest absolute Gasteiger partial charge is 0.296 e. The van der Waals surface area contributed by atoms with Crippen LogP contribution in [0.15, 0.2) is 52.4 Å². The zero-order valence-corrected chi connectivity index (χ0v) is 18.5. The Balaban J connectivity index is 1.85. The first-order valence-electron chi connectivity index (χ1n) is 10.2. The summed E-state index contributed by atoms with van der Waals surface area (Å²) < 4.78 is 7.38. The largest absolute Gasteiger partial charge is 0.501 e. The summed E-state index contributed by atoms with van der Waals surface area (Å²) >= 11 is 0. The molecular formula is C22H20N8O4. The van der Waals surface area contributed by atoms with E-state index in [1.54, 1.807) is 38.2 Å². The van der Waals surface area contributed by atoms with E-state index in [1.807, 2.05) is 0 Å². The number of anilines is 1. The number of carbonyl (C=O) groups excluding carboxylic acids is 1. The number of aromatic nitrogens is 6. The van der Waals surface area contributed by atoms with Crippen LogP contribution in [0, 0.1) is 11.3 Å². The molecule has 1 amide bonds. The van der Waals surface area contributed by atoms with Crippen LogP contribution >= 0.6 is 0 Å². The van der Waals surface area contributed by atoms with Crippen molar-refractivity contribution >= 4 is 11.6 Å². The van der Waals surface area contributed by atoms with Gasteiger partial charge in [-0.2, -0.15) is 10.4 Å². The molecular weight excluding hydrogens is 440 g/mol. The van der Waals surface area contributed by atoms with Crippen LogP contribution in [-0.4, -0.2) is 40.5 Å². The first-order valence-corrected chi connectivity index (χ1v) is 10.2. The van der Waals surface area contributed by atoms with Crippen LogP contribution in [0.2, 0.25) is 0 Å². The summed E-state index contributed by atoms with van der Waals surface area (Å²) in [5, 5.41) is 30.4. The molecule has 0 unspecified atom stereocenters. The molecule has 3 heterocycles. The van der Waals surface area contributed by atoms with Crippen molar-refractivity contribution in [3.8, 4) is 11.8 Å². The summed E-state index contributed by atoms with van der Waals surface area (Å²) in [4.78, 5) is 34.3. The number of aromatic hydroxyl groups is 1. The highest BCUT2D eigenvalue weighted by Gasteiger charge is 2.32. The maximum Gasteiger partial charge on any atom is 0.296 e. The molecule has 3 aromatic heterocycles. The quantitative estimate of drug-likeness (QED) is 0.435. The van der Waals surface area contributed by atoms with Gasteiger partial charge < -0.3 is 14.9 Å². The van der Waals surface area contributed by atoms with Gasteiger partial charge in [-0.3, -0.25) is 18.8 Å². The van der Waals surface area contributed by atoms with E-state index in [0.29, 0.717) is 17.0 Å². The van der Waals surface area contributed by atoms with Crippen LogP contribution in [0.5, 0.6) is 5.75 Å². The Morgan fingerprint density at radius 1 is 1.29 bits per heavy atom. The van der Waals surface area contributed by atoms with Gasteiger partial charge in [0.2, 0.25) is 5.75 Å². The van der Waals surface area contributed by atoms with Gasteiger partial charge in [-0.1, -0.05) is 30.3 Å². The van der Waals surface area contributed by atoms with E-state index in [1.165, 1.54) is 35.1 Å². The first-order chi connectivity index (χ1) is 16.3. The summed E-state index contributed by atoms with van der Waals surface area (Å²) in [5.74, 6) is -2.14. The second kappa shape index (κ2) is 8.99. The van der Waals surface area contributed by atoms with E-state index < -0.39 is 34.7 Å². The van der Waals surface area contributed by atoms with Crippen LogP contribution in [0.3, 0.4) is 0 Å². The number of nitriles is 1. The molecule has 4 rings (SSSR count). The fraction of sp³-hybridized carbons (Fsp3) is 0.227. The third-order valence-electron chi connectivity index (χ3n) is 5.43. The molecule has 1 aromatic carbocycles. The predicted octanol–water partition coefficient (Wildman–Crippen LogP) is 1.66. The van der Waals surface area contributed by atoms with E-state index in [2.05, 4.69) is 36.1 Å². The summed E-state index contributed by atoms with van der Waals surface area (Å²) in [6.45, 7) is 1.79. The van der Waals surface area contributed by atoms with E-state index in [9.17, 15) is 20.0 Å². The third-order valence-corrected chi connectivity index (χ3v) is 5.43. The lowest BCUT2D eigenvalue weighted by Gasteiger charge is -2.24. The molecule has 0 aliphatic carbocycles. The number of nitrogens with zero attached hydrogens (tertiary/aromatic N) is 7. The van der Waals surface area contributed by atoms with Crippen molar-refractivity contribution in [2.45, 2.75) is 18.8 Å². The van der Waals surface area contributed by atoms with Crippen molar-refractivity contribution in [1.82, 2.24) is 29.5 Å². The van der Waals surface area contributed by atoms with Crippen molar-refractivity contribution in [3.63, 3.8) is 0 Å². The summed E-state index contributed by atoms with van der Waals surface area (Å²) in [6, 6.07) is 9.18. The summed E-state index contributed by atoms with van der Waals surface area (Å²) in [7, 11) is 3.16. The maximum absolute atomic E-state index is 12.8. The number of carbonyl (C=O) groups is 1. The van der Waals surface area contributed by atoms with Crippen molar-refractivity contribution in [2.24, 2.45) is 14.1 Å². The zero-order valence-electron chi connectivity index (χ0n) is 18.5. The minimum Gasteiger partial charge on any atom is -0.501 e. The molecule has 0 aliphatic rings. The van der Waals surface area contributed by atoms with Crippen molar-refractivity contribution in [2.75, 3.05) is 5.32 Å². The SMILES string of the molecule is C[C@H](c1nc(C(=O)Nc2cnoc2)c(O)c(=O)n1C)[C@@H](c1ncn(C)n1)c1ccccc1C#N. The minimum atomic E-state index is -0.809. The van der Waals surface area contributed by atoms with Crippen LogP contribution in [0.1, 0.15) is 52.0 Å². The van der Waals surface area contributed by atoms with Gasteiger partial charge in [0, 0.05) is 20.0 Å². The second-order valence-electron chi connectivity index (χ2n) is 7.64. The molecule has 2 atom stereocenters. The first kappa shape index (κ1) is 22.4. The fourth-order valence-electron chi connectivity index (χ4n) is 3.78. The van der Waals surface area contributed by atoms with Gasteiger partial charge in [0.1, 0.15) is 24.1 Å². The second-order valence-corrected chi connectivity index (χ2v) is 7.64. The Morgan fingerprint density at radius 3 is 2.71 bits per heavy atom. The van der Waals surface area contributed by atoms with Crippen molar-refractivity contribution in [1.29, 1.82) is 5.26 Å². The van der Waals surface area contributed by atoms with E-state index in [-0.39, 0.29) is 11.5 Å². The zero-order chi connectivity index (χ0) is 24.4. The van der Waals surface area contributed by atoms with Gasteiger partial charge in [-0.05, 0) is 11.6 Å². The molecule has 12 heteroatoms.